The number of halogens is 6. The molecule has 0 aliphatic rings. The largest absolute Gasteiger partial charge is 0.416 e. The Bertz CT molecular complexity index is 582. The Balaban J connectivity index is 2.55. The average Bonchev–Trinajstić information content (AvgIpc) is 2.89. The van der Waals surface area contributed by atoms with Crippen LogP contribution in [-0.4, -0.2) is 0 Å². The van der Waals surface area contributed by atoms with Crippen molar-refractivity contribution in [3.05, 3.63) is 57.3 Å². The minimum absolute atomic E-state index is 0.0879. The highest BCUT2D eigenvalue weighted by Gasteiger charge is 2.37. The molecule has 0 spiro atoms. The maximum Gasteiger partial charge on any atom is 0.416 e. The van der Waals surface area contributed by atoms with Gasteiger partial charge in [0.25, 0.3) is 0 Å². The Kier molecular flexibility index (Phi) is 4.03. The van der Waals surface area contributed by atoms with Gasteiger partial charge in [-0.15, -0.1) is 11.3 Å². The van der Waals surface area contributed by atoms with Crippen LogP contribution >= 0.6 is 11.3 Å². The van der Waals surface area contributed by atoms with Gasteiger partial charge in [0.05, 0.1) is 17.2 Å². The highest BCUT2D eigenvalue weighted by Crippen LogP contribution is 2.38. The van der Waals surface area contributed by atoms with E-state index in [0.717, 1.165) is 0 Å². The van der Waals surface area contributed by atoms with Crippen molar-refractivity contribution >= 4 is 11.3 Å². The molecule has 0 unspecified atom stereocenters. The van der Waals surface area contributed by atoms with Crippen LogP contribution < -0.4 is 5.73 Å². The van der Waals surface area contributed by atoms with Crippen molar-refractivity contribution in [2.75, 3.05) is 0 Å². The lowest BCUT2D eigenvalue weighted by Gasteiger charge is -2.17. The molecule has 8 heteroatoms. The van der Waals surface area contributed by atoms with Crippen LogP contribution in [0.5, 0.6) is 0 Å². The fourth-order valence-corrected chi connectivity index (χ4v) is 2.55. The maximum absolute atomic E-state index is 12.7. The van der Waals surface area contributed by atoms with Gasteiger partial charge in [-0.25, -0.2) is 0 Å². The number of benzene rings is 1. The van der Waals surface area contributed by atoms with Crippen LogP contribution in [-0.2, 0) is 12.4 Å². The van der Waals surface area contributed by atoms with E-state index in [1.807, 2.05) is 0 Å². The fourth-order valence-electron chi connectivity index (χ4n) is 1.79. The highest BCUT2D eigenvalue weighted by atomic mass is 32.1. The monoisotopic (exact) mass is 325 g/mol. The molecule has 21 heavy (non-hydrogen) atoms. The number of nitrogens with two attached hydrogens (primary N) is 1. The lowest BCUT2D eigenvalue weighted by atomic mass is 9.99. The van der Waals surface area contributed by atoms with E-state index >= 15 is 0 Å². The van der Waals surface area contributed by atoms with Crippen LogP contribution in [0.25, 0.3) is 0 Å². The fraction of sp³-hybridized carbons (Fsp3) is 0.231. The summed E-state index contributed by atoms with van der Waals surface area (Å²) in [5.74, 6) is 0. The van der Waals surface area contributed by atoms with Gasteiger partial charge in [-0.05, 0) is 35.2 Å². The summed E-state index contributed by atoms with van der Waals surface area (Å²) in [5, 5.41) is 1.65. The first-order valence-electron chi connectivity index (χ1n) is 5.67. The van der Waals surface area contributed by atoms with Crippen LogP contribution in [0.4, 0.5) is 26.3 Å². The second-order valence-electron chi connectivity index (χ2n) is 4.33. The molecule has 1 aromatic carbocycles. The third-order valence-electron chi connectivity index (χ3n) is 2.82. The smallest absolute Gasteiger partial charge is 0.320 e. The molecule has 0 aliphatic carbocycles. The minimum Gasteiger partial charge on any atom is -0.320 e. The topological polar surface area (TPSA) is 26.0 Å². The number of hydrogen-bond donors (Lipinski definition) is 1. The highest BCUT2D eigenvalue weighted by molar-refractivity contribution is 7.10. The molecule has 0 saturated heterocycles. The van der Waals surface area contributed by atoms with Crippen molar-refractivity contribution in [2.24, 2.45) is 5.73 Å². The van der Waals surface area contributed by atoms with E-state index in [2.05, 4.69) is 0 Å². The normalized spacial score (nSPS) is 14.2. The Hall–Kier alpha value is -1.54. The zero-order valence-corrected chi connectivity index (χ0v) is 11.1. The number of thiophene rings is 1. The molecule has 0 bridgehead atoms. The summed E-state index contributed by atoms with van der Waals surface area (Å²) in [7, 11) is 0. The molecular weight excluding hydrogens is 316 g/mol. The van der Waals surface area contributed by atoms with E-state index in [1.54, 1.807) is 17.5 Å². The van der Waals surface area contributed by atoms with Gasteiger partial charge in [-0.1, -0.05) is 6.07 Å². The van der Waals surface area contributed by atoms with Crippen LogP contribution in [0, 0.1) is 0 Å². The number of rotatable bonds is 2. The minimum atomic E-state index is -4.87. The molecule has 1 heterocycles. The maximum atomic E-state index is 12.7. The third-order valence-corrected chi connectivity index (χ3v) is 3.77. The lowest BCUT2D eigenvalue weighted by Crippen LogP contribution is -2.16. The SMILES string of the molecule is N[C@H](c1cc(C(F)(F)F)cc(C(F)(F)F)c1)c1cccs1. The predicted molar refractivity (Wildman–Crippen MR) is 66.8 cm³/mol. The van der Waals surface area contributed by atoms with Crippen molar-refractivity contribution in [1.82, 2.24) is 0 Å². The molecule has 2 aromatic rings. The second kappa shape index (κ2) is 5.34. The summed E-state index contributed by atoms with van der Waals surface area (Å²) in [6.07, 6.45) is -9.74. The van der Waals surface area contributed by atoms with E-state index in [-0.39, 0.29) is 11.6 Å². The Morgan fingerprint density at radius 1 is 0.905 bits per heavy atom. The van der Waals surface area contributed by atoms with Gasteiger partial charge in [0.2, 0.25) is 0 Å². The first-order chi connectivity index (χ1) is 9.59. The average molecular weight is 325 g/mol. The summed E-state index contributed by atoms with van der Waals surface area (Å²) in [5.41, 5.74) is 2.81. The molecule has 2 N–H and O–H groups in total. The van der Waals surface area contributed by atoms with Gasteiger partial charge in [0.15, 0.2) is 0 Å². The molecule has 114 valence electrons. The van der Waals surface area contributed by atoms with Crippen LogP contribution in [0.2, 0.25) is 0 Å². The second-order valence-corrected chi connectivity index (χ2v) is 5.31. The van der Waals surface area contributed by atoms with Gasteiger partial charge in [0, 0.05) is 4.88 Å². The molecule has 1 aromatic heterocycles. The number of hydrogen-bond acceptors (Lipinski definition) is 2. The molecule has 1 atom stereocenters. The lowest BCUT2D eigenvalue weighted by molar-refractivity contribution is -0.143. The van der Waals surface area contributed by atoms with Crippen molar-refractivity contribution in [1.29, 1.82) is 0 Å². The van der Waals surface area contributed by atoms with Gasteiger partial charge in [-0.2, -0.15) is 26.3 Å². The van der Waals surface area contributed by atoms with E-state index in [1.165, 1.54) is 11.3 Å². The van der Waals surface area contributed by atoms with Crippen molar-refractivity contribution in [2.45, 2.75) is 18.4 Å². The summed E-state index contributed by atoms with van der Waals surface area (Å²) < 4.78 is 76.4. The molecule has 0 saturated carbocycles. The predicted octanol–water partition coefficient (Wildman–Crippen LogP) is 4.83. The molecule has 0 fully saturated rings. The quantitative estimate of drug-likeness (QED) is 0.786. The Labute approximate surface area is 120 Å². The van der Waals surface area contributed by atoms with Crippen molar-refractivity contribution in [3.8, 4) is 0 Å². The van der Waals surface area contributed by atoms with Crippen LogP contribution in [0.1, 0.15) is 27.6 Å². The van der Waals surface area contributed by atoms with Crippen molar-refractivity contribution < 1.29 is 26.3 Å². The van der Waals surface area contributed by atoms with E-state index in [9.17, 15) is 26.3 Å². The van der Waals surface area contributed by atoms with E-state index in [4.69, 9.17) is 5.73 Å². The van der Waals surface area contributed by atoms with Gasteiger partial charge in [0.1, 0.15) is 0 Å². The van der Waals surface area contributed by atoms with Crippen molar-refractivity contribution in [3.63, 3.8) is 0 Å². The molecule has 1 nitrogen and oxygen atoms in total. The summed E-state index contributed by atoms with van der Waals surface area (Å²) in [6, 6.07) is 3.54. The van der Waals surface area contributed by atoms with Gasteiger partial charge in [-0.3, -0.25) is 0 Å². The van der Waals surface area contributed by atoms with Gasteiger partial charge >= 0.3 is 12.4 Å². The number of alkyl halides is 6. The van der Waals surface area contributed by atoms with Gasteiger partial charge < -0.3 is 5.73 Å². The first-order valence-corrected chi connectivity index (χ1v) is 6.55. The molecule has 2 rings (SSSR count). The van der Waals surface area contributed by atoms with E-state index < -0.39 is 29.5 Å². The van der Waals surface area contributed by atoms with Crippen LogP contribution in [0.3, 0.4) is 0 Å². The summed E-state index contributed by atoms with van der Waals surface area (Å²) in [6.45, 7) is 0. The summed E-state index contributed by atoms with van der Waals surface area (Å²) >= 11 is 1.17. The van der Waals surface area contributed by atoms with E-state index in [0.29, 0.717) is 17.0 Å². The Morgan fingerprint density at radius 3 is 1.81 bits per heavy atom. The zero-order chi connectivity index (χ0) is 15.8. The molecular formula is C13H9F6NS. The third kappa shape index (κ3) is 3.56. The molecule has 0 radical (unpaired) electrons. The standard InChI is InChI=1S/C13H9F6NS/c14-12(15,16)8-4-7(5-9(6-8)13(17,18)19)11(20)10-2-1-3-21-10/h1-6,11H,20H2/t11-/m1/s1. The first kappa shape index (κ1) is 15.8. The molecule has 0 amide bonds. The summed E-state index contributed by atoms with van der Waals surface area (Å²) in [4.78, 5) is 0.488. The van der Waals surface area contributed by atoms with Crippen LogP contribution in [0.15, 0.2) is 35.7 Å². The molecule has 0 aliphatic heterocycles. The Morgan fingerprint density at radius 2 is 1.43 bits per heavy atom. The zero-order valence-electron chi connectivity index (χ0n) is 10.3.